The van der Waals surface area contributed by atoms with Gasteiger partial charge in [-0.15, -0.1) is 10.2 Å². The average Bonchev–Trinajstić information content (AvgIpc) is 2.79. The summed E-state index contributed by atoms with van der Waals surface area (Å²) in [6.07, 6.45) is 4.11. The lowest BCUT2D eigenvalue weighted by atomic mass is 9.66. The van der Waals surface area contributed by atoms with E-state index < -0.39 is 11.9 Å². The van der Waals surface area contributed by atoms with Crippen molar-refractivity contribution in [1.29, 1.82) is 0 Å². The molecule has 1 aliphatic rings. The van der Waals surface area contributed by atoms with Gasteiger partial charge in [-0.2, -0.15) is 5.10 Å². The summed E-state index contributed by atoms with van der Waals surface area (Å²) in [6, 6.07) is 6.12. The molecule has 180 valence electrons. The van der Waals surface area contributed by atoms with E-state index in [0.29, 0.717) is 18.1 Å². The fraction of sp³-hybridized carbons (Fsp3) is 0.364. The minimum Gasteiger partial charge on any atom is -0.466 e. The molecule has 3 rings (SSSR count). The minimum atomic E-state index is -0.532. The Hall–Kier alpha value is -3.54. The van der Waals surface area contributed by atoms with Gasteiger partial charge in [0.15, 0.2) is 5.69 Å². The summed E-state index contributed by atoms with van der Waals surface area (Å²) >= 11 is 0.945. The number of nitrogens with zero attached hydrogens (tertiary/aromatic N) is 4. The molecule has 12 heteroatoms. The second kappa shape index (κ2) is 11.5. The highest BCUT2D eigenvalue weighted by atomic mass is 32.2. The minimum absolute atomic E-state index is 0.0676. The van der Waals surface area contributed by atoms with Crippen LogP contribution in [-0.2, 0) is 14.9 Å². The average molecular weight is 488 g/mol. The highest BCUT2D eigenvalue weighted by Gasteiger charge is 2.41. The van der Waals surface area contributed by atoms with E-state index in [-0.39, 0.29) is 40.0 Å². The van der Waals surface area contributed by atoms with E-state index in [1.807, 2.05) is 0 Å². The molecule has 0 saturated heterocycles. The highest BCUT2D eigenvalue weighted by Crippen LogP contribution is 2.43. The van der Waals surface area contributed by atoms with Gasteiger partial charge in [0.1, 0.15) is 16.7 Å². The zero-order valence-electron chi connectivity index (χ0n) is 18.7. The molecule has 0 radical (unpaired) electrons. The van der Waals surface area contributed by atoms with Gasteiger partial charge in [0.25, 0.3) is 5.91 Å². The number of carbonyl (C=O) groups excluding carboxylic acids is 2. The van der Waals surface area contributed by atoms with Crippen LogP contribution in [0.5, 0.6) is 0 Å². The number of carbonyl (C=O) groups is 2. The molecule has 1 aliphatic carbocycles. The number of thioether (sulfide) groups is 1. The number of nitrogens with two attached hydrogens (primary N) is 1. The maximum Gasteiger partial charge on any atom is 0.312 e. The molecular weight excluding hydrogens is 461 g/mol. The van der Waals surface area contributed by atoms with Crippen LogP contribution in [-0.4, -0.2) is 45.3 Å². The maximum atomic E-state index is 14.3. The number of hydrazone groups is 1. The molecule has 10 nitrogen and oxygen atoms in total. The molecule has 4 N–H and O–H groups in total. The predicted molar refractivity (Wildman–Crippen MR) is 127 cm³/mol. The van der Waals surface area contributed by atoms with Crippen molar-refractivity contribution in [3.8, 4) is 0 Å². The second-order valence-electron chi connectivity index (χ2n) is 7.61. The van der Waals surface area contributed by atoms with E-state index >= 15 is 0 Å². The lowest BCUT2D eigenvalue weighted by Gasteiger charge is -2.41. The number of anilines is 1. The lowest BCUT2D eigenvalue weighted by molar-refractivity contribution is -0.141. The van der Waals surface area contributed by atoms with Crippen LogP contribution in [0.2, 0.25) is 0 Å². The van der Waals surface area contributed by atoms with Crippen molar-refractivity contribution in [3.05, 3.63) is 59.3 Å². The van der Waals surface area contributed by atoms with Gasteiger partial charge in [-0.1, -0.05) is 24.8 Å². The Morgan fingerprint density at radius 1 is 1.32 bits per heavy atom. The Kier molecular flexibility index (Phi) is 8.52. The van der Waals surface area contributed by atoms with Crippen LogP contribution >= 0.6 is 11.8 Å². The molecule has 34 heavy (non-hydrogen) atoms. The van der Waals surface area contributed by atoms with Crippen LogP contribution in [0.25, 0.3) is 0 Å². The first-order valence-corrected chi connectivity index (χ1v) is 11.5. The molecule has 1 amide bonds. The standard InChI is InChI=1S/C22H26FN7O3S/c1-3-33-19(31)12-18(28-24)34-14(2)27-21(32)16-7-8-17(30-29-16)26-13-22(9-5-10-22)20-15(23)6-4-11-25-20/h4,6-8,11H,2-3,5,9-10,12-13,24H2,1H3,(H,26,30)(H,27,32)/b28-18-. The van der Waals surface area contributed by atoms with Gasteiger partial charge in [0.05, 0.1) is 23.8 Å². The molecule has 1 saturated carbocycles. The van der Waals surface area contributed by atoms with Crippen molar-refractivity contribution in [2.75, 3.05) is 18.5 Å². The fourth-order valence-corrected chi connectivity index (χ4v) is 4.16. The first-order valence-electron chi connectivity index (χ1n) is 10.7. The molecule has 0 unspecified atom stereocenters. The van der Waals surface area contributed by atoms with Crippen LogP contribution in [0.15, 0.2) is 47.2 Å². The molecule has 2 heterocycles. The van der Waals surface area contributed by atoms with Crippen molar-refractivity contribution in [3.63, 3.8) is 0 Å². The molecular formula is C22H26FN7O3S. The smallest absolute Gasteiger partial charge is 0.312 e. The summed E-state index contributed by atoms with van der Waals surface area (Å²) in [5.41, 5.74) is 0.138. The van der Waals surface area contributed by atoms with E-state index in [1.165, 1.54) is 12.1 Å². The molecule has 0 atom stereocenters. The van der Waals surface area contributed by atoms with Gasteiger partial charge in [-0.25, -0.2) is 4.39 Å². The van der Waals surface area contributed by atoms with Crippen LogP contribution in [0.3, 0.4) is 0 Å². The van der Waals surface area contributed by atoms with E-state index in [2.05, 4.69) is 37.5 Å². The van der Waals surface area contributed by atoms with Crippen LogP contribution in [0.4, 0.5) is 10.2 Å². The number of hydrogen-bond acceptors (Lipinski definition) is 10. The number of rotatable bonds is 10. The Bertz CT molecular complexity index is 1070. The third-order valence-corrected chi connectivity index (χ3v) is 6.15. The van der Waals surface area contributed by atoms with E-state index in [4.69, 9.17) is 10.6 Å². The Morgan fingerprint density at radius 3 is 2.71 bits per heavy atom. The summed E-state index contributed by atoms with van der Waals surface area (Å²) in [5.74, 6) is 4.42. The molecule has 0 spiro atoms. The molecule has 0 bridgehead atoms. The Labute approximate surface area is 200 Å². The van der Waals surface area contributed by atoms with Crippen LogP contribution < -0.4 is 16.5 Å². The SMILES string of the molecule is C=C(NC(=O)c1ccc(NCC2(c3ncccc3F)CCC2)nn1)S/C(CC(=O)OCC)=N\N. The Balaban J connectivity index is 1.54. The lowest BCUT2D eigenvalue weighted by Crippen LogP contribution is -2.42. The monoisotopic (exact) mass is 487 g/mol. The third kappa shape index (κ3) is 6.28. The Morgan fingerprint density at radius 2 is 2.12 bits per heavy atom. The van der Waals surface area contributed by atoms with Gasteiger partial charge < -0.3 is 21.2 Å². The summed E-state index contributed by atoms with van der Waals surface area (Å²) < 4.78 is 19.1. The van der Waals surface area contributed by atoms with Crippen molar-refractivity contribution < 1.29 is 18.7 Å². The molecule has 1 fully saturated rings. The topological polar surface area (TPSA) is 144 Å². The number of nitrogens with one attached hydrogen (secondary N) is 2. The van der Waals surface area contributed by atoms with Crippen molar-refractivity contribution in [2.24, 2.45) is 10.9 Å². The largest absolute Gasteiger partial charge is 0.466 e. The zero-order valence-corrected chi connectivity index (χ0v) is 19.5. The van der Waals surface area contributed by atoms with Gasteiger partial charge >= 0.3 is 5.97 Å². The predicted octanol–water partition coefficient (Wildman–Crippen LogP) is 2.70. The van der Waals surface area contributed by atoms with Gasteiger partial charge in [0, 0.05) is 18.2 Å². The second-order valence-corrected chi connectivity index (χ2v) is 8.78. The zero-order chi connectivity index (χ0) is 24.6. The summed E-state index contributed by atoms with van der Waals surface area (Å²) in [4.78, 5) is 28.2. The number of pyridine rings is 1. The van der Waals surface area contributed by atoms with E-state index in [0.717, 1.165) is 31.0 Å². The van der Waals surface area contributed by atoms with Crippen molar-refractivity contribution >= 4 is 34.5 Å². The first kappa shape index (κ1) is 25.1. The van der Waals surface area contributed by atoms with Crippen LogP contribution in [0, 0.1) is 5.82 Å². The van der Waals surface area contributed by atoms with E-state index in [1.54, 1.807) is 25.3 Å². The molecule has 0 aliphatic heterocycles. The summed E-state index contributed by atoms with van der Waals surface area (Å²) in [5, 5.41) is 17.7. The fourth-order valence-electron chi connectivity index (χ4n) is 3.49. The molecule has 0 aromatic carbocycles. The number of ether oxygens (including phenoxy) is 1. The quantitative estimate of drug-likeness (QED) is 0.151. The van der Waals surface area contributed by atoms with Crippen LogP contribution in [0.1, 0.15) is 48.8 Å². The normalized spacial score (nSPS) is 14.6. The number of hydrogen-bond donors (Lipinski definition) is 3. The van der Waals surface area contributed by atoms with Gasteiger partial charge in [0.2, 0.25) is 0 Å². The van der Waals surface area contributed by atoms with E-state index in [9.17, 15) is 14.0 Å². The number of halogens is 1. The van der Waals surface area contributed by atoms with Crippen molar-refractivity contribution in [2.45, 2.75) is 38.0 Å². The third-order valence-electron chi connectivity index (χ3n) is 5.32. The summed E-state index contributed by atoms with van der Waals surface area (Å²) in [6.45, 7) is 6.12. The van der Waals surface area contributed by atoms with Gasteiger partial charge in [-0.05, 0) is 44.0 Å². The molecule has 2 aromatic rings. The highest BCUT2D eigenvalue weighted by molar-refractivity contribution is 8.17. The number of amides is 1. The number of esters is 1. The molecule has 2 aromatic heterocycles. The maximum absolute atomic E-state index is 14.3. The van der Waals surface area contributed by atoms with Gasteiger partial charge in [-0.3, -0.25) is 14.6 Å². The van der Waals surface area contributed by atoms with Crippen molar-refractivity contribution in [1.82, 2.24) is 20.5 Å². The first-order chi connectivity index (χ1) is 16.4. The number of aromatic nitrogens is 3. The summed E-state index contributed by atoms with van der Waals surface area (Å²) in [7, 11) is 0.